The molecule has 2 fully saturated rings. The number of piperazine rings is 1. The quantitative estimate of drug-likeness (QED) is 0.829. The molecular formula is C19H28N4O2. The molecule has 1 atom stereocenters. The van der Waals surface area contributed by atoms with Gasteiger partial charge in [-0.1, -0.05) is 18.2 Å². The molecule has 6 heteroatoms. The molecule has 2 aliphatic rings. The van der Waals surface area contributed by atoms with E-state index in [4.69, 9.17) is 0 Å². The lowest BCUT2D eigenvalue weighted by atomic mass is 10.1. The molecule has 1 N–H and O–H groups in total. The molecule has 0 saturated carbocycles. The Kier molecular flexibility index (Phi) is 5.91. The molecule has 136 valence electrons. The Morgan fingerprint density at radius 2 is 1.88 bits per heavy atom. The Labute approximate surface area is 149 Å². The zero-order valence-corrected chi connectivity index (χ0v) is 15.0. The Bertz CT molecular complexity index is 584. The van der Waals surface area contributed by atoms with Crippen LogP contribution < -0.4 is 10.2 Å². The predicted molar refractivity (Wildman–Crippen MR) is 98.5 cm³/mol. The number of rotatable bonds is 6. The molecular weight excluding hydrogens is 316 g/mol. The zero-order chi connectivity index (χ0) is 17.6. The number of carbonyl (C=O) groups excluding carboxylic acids is 2. The van der Waals surface area contributed by atoms with Crippen LogP contribution in [0.15, 0.2) is 30.3 Å². The topological polar surface area (TPSA) is 55.9 Å². The van der Waals surface area contributed by atoms with Gasteiger partial charge in [0.2, 0.25) is 11.8 Å². The third kappa shape index (κ3) is 4.51. The lowest BCUT2D eigenvalue weighted by Crippen LogP contribution is -2.48. The first-order valence-electron chi connectivity index (χ1n) is 9.25. The number of anilines is 1. The molecule has 25 heavy (non-hydrogen) atoms. The first-order chi connectivity index (χ1) is 12.2. The van der Waals surface area contributed by atoms with Crippen molar-refractivity contribution in [1.82, 2.24) is 15.1 Å². The number of likely N-dealkylation sites (tertiary alicyclic amines) is 1. The van der Waals surface area contributed by atoms with Crippen molar-refractivity contribution in [3.8, 4) is 0 Å². The lowest BCUT2D eigenvalue weighted by molar-refractivity contribution is -0.128. The molecule has 2 aliphatic heterocycles. The van der Waals surface area contributed by atoms with Crippen LogP contribution in [0.5, 0.6) is 0 Å². The van der Waals surface area contributed by atoms with Crippen LogP contribution in [0.1, 0.15) is 13.3 Å². The molecule has 1 aromatic carbocycles. The largest absolute Gasteiger partial charge is 0.369 e. The second-order valence-corrected chi connectivity index (χ2v) is 6.79. The van der Waals surface area contributed by atoms with Crippen LogP contribution in [0.3, 0.4) is 0 Å². The van der Waals surface area contributed by atoms with Gasteiger partial charge in [-0.15, -0.1) is 0 Å². The van der Waals surface area contributed by atoms with Gasteiger partial charge < -0.3 is 15.1 Å². The molecule has 0 aliphatic carbocycles. The van der Waals surface area contributed by atoms with E-state index in [0.29, 0.717) is 26.1 Å². The number of hydrogen-bond acceptors (Lipinski definition) is 4. The van der Waals surface area contributed by atoms with Crippen LogP contribution in [-0.4, -0.2) is 74.0 Å². The fourth-order valence-corrected chi connectivity index (χ4v) is 3.60. The van der Waals surface area contributed by atoms with E-state index in [2.05, 4.69) is 39.4 Å². The van der Waals surface area contributed by atoms with Gasteiger partial charge in [0.05, 0.1) is 5.92 Å². The number of amides is 2. The molecule has 1 aromatic rings. The maximum Gasteiger partial charge on any atom is 0.225 e. The number of nitrogens with zero attached hydrogens (tertiary/aromatic N) is 3. The van der Waals surface area contributed by atoms with Crippen molar-refractivity contribution >= 4 is 17.5 Å². The van der Waals surface area contributed by atoms with E-state index in [1.807, 2.05) is 13.0 Å². The van der Waals surface area contributed by atoms with E-state index in [-0.39, 0.29) is 17.7 Å². The first-order valence-corrected chi connectivity index (χ1v) is 9.25. The third-order valence-electron chi connectivity index (χ3n) is 5.19. The summed E-state index contributed by atoms with van der Waals surface area (Å²) in [5.74, 6) is -0.0608. The van der Waals surface area contributed by atoms with Crippen LogP contribution in [0.4, 0.5) is 5.69 Å². The number of nitrogens with one attached hydrogen (secondary N) is 1. The molecule has 6 nitrogen and oxygen atoms in total. The fourth-order valence-electron chi connectivity index (χ4n) is 3.60. The highest BCUT2D eigenvalue weighted by molar-refractivity contribution is 5.89. The monoisotopic (exact) mass is 344 g/mol. The van der Waals surface area contributed by atoms with Crippen LogP contribution in [0.25, 0.3) is 0 Å². The Morgan fingerprint density at radius 1 is 1.16 bits per heavy atom. The molecule has 0 spiro atoms. The van der Waals surface area contributed by atoms with Gasteiger partial charge in [0, 0.05) is 64.5 Å². The van der Waals surface area contributed by atoms with Crippen LogP contribution >= 0.6 is 0 Å². The second-order valence-electron chi connectivity index (χ2n) is 6.79. The average Bonchev–Trinajstić information content (AvgIpc) is 3.04. The summed E-state index contributed by atoms with van der Waals surface area (Å²) in [5.41, 5.74) is 1.28. The lowest BCUT2D eigenvalue weighted by Gasteiger charge is -2.36. The normalized spacial score (nSPS) is 21.6. The Hall–Kier alpha value is -2.08. The standard InChI is InChI=1S/C19H28N4O2/c1-2-22-15-16(14-18(22)24)19(25)20-8-9-21-10-12-23(13-11-21)17-6-4-3-5-7-17/h3-7,16H,2,8-15H2,1H3,(H,20,25). The summed E-state index contributed by atoms with van der Waals surface area (Å²) in [7, 11) is 0. The summed E-state index contributed by atoms with van der Waals surface area (Å²) in [6.45, 7) is 8.78. The molecule has 2 heterocycles. The minimum atomic E-state index is -0.178. The van der Waals surface area contributed by atoms with Crippen molar-refractivity contribution in [2.75, 3.05) is 57.3 Å². The van der Waals surface area contributed by atoms with Gasteiger partial charge in [-0.25, -0.2) is 0 Å². The van der Waals surface area contributed by atoms with E-state index in [1.54, 1.807) is 4.90 Å². The van der Waals surface area contributed by atoms with Gasteiger partial charge in [0.25, 0.3) is 0 Å². The summed E-state index contributed by atoms with van der Waals surface area (Å²) >= 11 is 0. The maximum absolute atomic E-state index is 12.2. The number of benzene rings is 1. The average molecular weight is 344 g/mol. The minimum Gasteiger partial charge on any atom is -0.369 e. The van der Waals surface area contributed by atoms with Crippen LogP contribution in [0, 0.1) is 5.92 Å². The highest BCUT2D eigenvalue weighted by atomic mass is 16.2. The Morgan fingerprint density at radius 3 is 2.52 bits per heavy atom. The highest BCUT2D eigenvalue weighted by Gasteiger charge is 2.33. The fraction of sp³-hybridized carbons (Fsp3) is 0.579. The molecule has 3 rings (SSSR count). The SMILES string of the molecule is CCN1CC(C(=O)NCCN2CCN(c3ccccc3)CC2)CC1=O. The van der Waals surface area contributed by atoms with Crippen molar-refractivity contribution in [3.05, 3.63) is 30.3 Å². The van der Waals surface area contributed by atoms with Gasteiger partial charge >= 0.3 is 0 Å². The third-order valence-corrected chi connectivity index (χ3v) is 5.19. The summed E-state index contributed by atoms with van der Waals surface area (Å²) in [4.78, 5) is 30.5. The molecule has 1 unspecified atom stereocenters. The van der Waals surface area contributed by atoms with Crippen molar-refractivity contribution in [1.29, 1.82) is 0 Å². The smallest absolute Gasteiger partial charge is 0.225 e. The number of carbonyl (C=O) groups is 2. The highest BCUT2D eigenvalue weighted by Crippen LogP contribution is 2.17. The van der Waals surface area contributed by atoms with Crippen LogP contribution in [0.2, 0.25) is 0 Å². The van der Waals surface area contributed by atoms with E-state index in [9.17, 15) is 9.59 Å². The number of hydrogen-bond donors (Lipinski definition) is 1. The van der Waals surface area contributed by atoms with Gasteiger partial charge in [0.1, 0.15) is 0 Å². The predicted octanol–water partition coefficient (Wildman–Crippen LogP) is 0.793. The molecule has 2 saturated heterocycles. The van der Waals surface area contributed by atoms with E-state index < -0.39 is 0 Å². The van der Waals surface area contributed by atoms with E-state index >= 15 is 0 Å². The number of para-hydroxylation sites is 1. The zero-order valence-electron chi connectivity index (χ0n) is 15.0. The van der Waals surface area contributed by atoms with Crippen molar-refractivity contribution in [2.24, 2.45) is 5.92 Å². The van der Waals surface area contributed by atoms with Gasteiger partial charge in [-0.3, -0.25) is 14.5 Å². The van der Waals surface area contributed by atoms with E-state index in [1.165, 1.54) is 5.69 Å². The summed E-state index contributed by atoms with van der Waals surface area (Å²) in [6, 6.07) is 10.5. The van der Waals surface area contributed by atoms with Crippen molar-refractivity contribution in [2.45, 2.75) is 13.3 Å². The summed E-state index contributed by atoms with van der Waals surface area (Å²) < 4.78 is 0. The van der Waals surface area contributed by atoms with Crippen molar-refractivity contribution in [3.63, 3.8) is 0 Å². The summed E-state index contributed by atoms with van der Waals surface area (Å²) in [6.07, 6.45) is 0.357. The molecule has 0 radical (unpaired) electrons. The summed E-state index contributed by atoms with van der Waals surface area (Å²) in [5, 5.41) is 3.01. The molecule has 0 aromatic heterocycles. The minimum absolute atomic E-state index is 0.0206. The Balaban J connectivity index is 1.35. The maximum atomic E-state index is 12.2. The van der Waals surface area contributed by atoms with Gasteiger partial charge in [0.15, 0.2) is 0 Å². The van der Waals surface area contributed by atoms with Crippen LogP contribution in [-0.2, 0) is 9.59 Å². The molecule has 0 bridgehead atoms. The van der Waals surface area contributed by atoms with Gasteiger partial charge in [-0.2, -0.15) is 0 Å². The van der Waals surface area contributed by atoms with E-state index in [0.717, 1.165) is 32.7 Å². The second kappa shape index (κ2) is 8.34. The van der Waals surface area contributed by atoms with Gasteiger partial charge in [-0.05, 0) is 19.1 Å². The van der Waals surface area contributed by atoms with Crippen molar-refractivity contribution < 1.29 is 9.59 Å². The first kappa shape index (κ1) is 17.7. The molecule has 2 amide bonds.